The molecule has 1 fully saturated rings. The molecule has 0 saturated carbocycles. The van der Waals surface area contributed by atoms with Crippen molar-refractivity contribution in [2.75, 3.05) is 42.9 Å². The molecule has 0 unspecified atom stereocenters. The van der Waals surface area contributed by atoms with Crippen molar-refractivity contribution in [1.82, 2.24) is 19.9 Å². The van der Waals surface area contributed by atoms with Gasteiger partial charge < -0.3 is 15.1 Å². The van der Waals surface area contributed by atoms with Gasteiger partial charge in [-0.05, 0) is 25.5 Å². The van der Waals surface area contributed by atoms with Gasteiger partial charge in [-0.15, -0.1) is 0 Å². The van der Waals surface area contributed by atoms with Gasteiger partial charge in [-0.25, -0.2) is 15.0 Å². The van der Waals surface area contributed by atoms with E-state index in [0.717, 1.165) is 31.9 Å². The summed E-state index contributed by atoms with van der Waals surface area (Å²) in [6.45, 7) is 7.60. The van der Waals surface area contributed by atoms with Crippen LogP contribution in [0.25, 0.3) is 0 Å². The van der Waals surface area contributed by atoms with Crippen LogP contribution in [-0.4, -0.2) is 58.5 Å². The van der Waals surface area contributed by atoms with E-state index in [9.17, 15) is 4.79 Å². The lowest BCUT2D eigenvalue weighted by atomic mass is 10.2. The molecule has 1 saturated heterocycles. The Morgan fingerprint density at radius 1 is 1.20 bits per heavy atom. The minimum absolute atomic E-state index is 0.0364. The van der Waals surface area contributed by atoms with Crippen LogP contribution < -0.4 is 10.2 Å². The predicted molar refractivity (Wildman–Crippen MR) is 97.9 cm³/mol. The van der Waals surface area contributed by atoms with Crippen molar-refractivity contribution >= 4 is 17.5 Å². The summed E-state index contributed by atoms with van der Waals surface area (Å²) in [6.07, 6.45) is 2.79. The molecule has 0 spiro atoms. The Bertz CT molecular complexity index is 713. The summed E-state index contributed by atoms with van der Waals surface area (Å²) >= 11 is 0. The maximum absolute atomic E-state index is 12.8. The molecule has 0 radical (unpaired) electrons. The number of pyridine rings is 1. The molecule has 2 aromatic rings. The third kappa shape index (κ3) is 4.23. The number of hydrogen-bond acceptors (Lipinski definition) is 6. The minimum atomic E-state index is -0.0364. The number of carbonyl (C=O) groups is 1. The van der Waals surface area contributed by atoms with Gasteiger partial charge >= 0.3 is 0 Å². The molecule has 132 valence electrons. The summed E-state index contributed by atoms with van der Waals surface area (Å²) in [5.41, 5.74) is 0.456. The molecule has 0 aromatic carbocycles. The van der Waals surface area contributed by atoms with Crippen molar-refractivity contribution < 1.29 is 4.79 Å². The van der Waals surface area contributed by atoms with Gasteiger partial charge in [0.2, 0.25) is 0 Å². The molecule has 1 aliphatic heterocycles. The van der Waals surface area contributed by atoms with E-state index in [-0.39, 0.29) is 5.91 Å². The zero-order valence-electron chi connectivity index (χ0n) is 14.8. The molecule has 3 rings (SSSR count). The average molecular weight is 340 g/mol. The number of carbonyl (C=O) groups excluding carboxylic acids is 1. The van der Waals surface area contributed by atoms with Gasteiger partial charge in [-0.3, -0.25) is 4.79 Å². The first-order valence-corrected chi connectivity index (χ1v) is 8.72. The highest BCUT2D eigenvalue weighted by molar-refractivity contribution is 5.93. The van der Waals surface area contributed by atoms with Crippen molar-refractivity contribution in [3.05, 3.63) is 42.0 Å². The van der Waals surface area contributed by atoms with Crippen molar-refractivity contribution in [3.63, 3.8) is 0 Å². The normalized spacial score (nSPS) is 14.5. The van der Waals surface area contributed by atoms with Crippen LogP contribution in [0, 0.1) is 6.92 Å². The van der Waals surface area contributed by atoms with Crippen LogP contribution in [0.15, 0.2) is 30.5 Å². The van der Waals surface area contributed by atoms with Crippen LogP contribution in [0.5, 0.6) is 0 Å². The first-order valence-electron chi connectivity index (χ1n) is 8.72. The molecule has 1 amide bonds. The topological polar surface area (TPSA) is 74.2 Å². The predicted octanol–water partition coefficient (Wildman–Crippen LogP) is 1.96. The number of amides is 1. The number of aromatic nitrogens is 3. The van der Waals surface area contributed by atoms with Crippen LogP contribution in [0.2, 0.25) is 0 Å². The second-order valence-electron chi connectivity index (χ2n) is 6.08. The summed E-state index contributed by atoms with van der Waals surface area (Å²) in [4.78, 5) is 29.9. The SMILES string of the molecule is CCCNc1cc(C(=O)N2CCN(c3ccccn3)CC2)nc(C)n1. The molecule has 1 aliphatic rings. The lowest BCUT2D eigenvalue weighted by molar-refractivity contribution is 0.0740. The second-order valence-corrected chi connectivity index (χ2v) is 6.08. The number of nitrogens with zero attached hydrogens (tertiary/aromatic N) is 5. The molecular weight excluding hydrogens is 316 g/mol. The zero-order chi connectivity index (χ0) is 17.6. The fourth-order valence-electron chi connectivity index (χ4n) is 2.86. The Kier molecular flexibility index (Phi) is 5.42. The molecule has 7 heteroatoms. The van der Waals surface area contributed by atoms with E-state index in [0.29, 0.717) is 30.4 Å². The van der Waals surface area contributed by atoms with Gasteiger partial charge in [0.1, 0.15) is 23.2 Å². The summed E-state index contributed by atoms with van der Waals surface area (Å²) in [5.74, 6) is 2.24. The molecule has 0 bridgehead atoms. The lowest BCUT2D eigenvalue weighted by Crippen LogP contribution is -2.49. The van der Waals surface area contributed by atoms with Gasteiger partial charge in [0, 0.05) is 45.0 Å². The Morgan fingerprint density at radius 3 is 2.68 bits per heavy atom. The summed E-state index contributed by atoms with van der Waals surface area (Å²) < 4.78 is 0. The van der Waals surface area contributed by atoms with Crippen LogP contribution in [0.4, 0.5) is 11.6 Å². The highest BCUT2D eigenvalue weighted by atomic mass is 16.2. The van der Waals surface area contributed by atoms with E-state index >= 15 is 0 Å². The molecule has 1 N–H and O–H groups in total. The van der Waals surface area contributed by atoms with E-state index < -0.39 is 0 Å². The first kappa shape index (κ1) is 17.1. The molecule has 0 aliphatic carbocycles. The van der Waals surface area contributed by atoms with Crippen molar-refractivity contribution in [2.45, 2.75) is 20.3 Å². The Hall–Kier alpha value is -2.70. The van der Waals surface area contributed by atoms with Crippen molar-refractivity contribution in [2.24, 2.45) is 0 Å². The number of aryl methyl sites for hydroxylation is 1. The van der Waals surface area contributed by atoms with Gasteiger partial charge in [-0.2, -0.15) is 0 Å². The maximum Gasteiger partial charge on any atom is 0.272 e. The van der Waals surface area contributed by atoms with Crippen LogP contribution in [0.3, 0.4) is 0 Å². The van der Waals surface area contributed by atoms with Crippen molar-refractivity contribution in [1.29, 1.82) is 0 Å². The van der Waals surface area contributed by atoms with E-state index in [2.05, 4.69) is 32.1 Å². The van der Waals surface area contributed by atoms with Gasteiger partial charge in [0.15, 0.2) is 0 Å². The molecule has 3 heterocycles. The molecular formula is C18H24N6O. The average Bonchev–Trinajstić information content (AvgIpc) is 2.66. The first-order chi connectivity index (χ1) is 12.2. The summed E-state index contributed by atoms with van der Waals surface area (Å²) in [5, 5.41) is 3.22. The highest BCUT2D eigenvalue weighted by Crippen LogP contribution is 2.15. The highest BCUT2D eigenvalue weighted by Gasteiger charge is 2.24. The second kappa shape index (κ2) is 7.92. The monoisotopic (exact) mass is 340 g/mol. The molecule has 0 atom stereocenters. The van der Waals surface area contributed by atoms with Crippen LogP contribution >= 0.6 is 0 Å². The number of anilines is 2. The molecule has 2 aromatic heterocycles. The Morgan fingerprint density at radius 2 is 2.00 bits per heavy atom. The molecule has 25 heavy (non-hydrogen) atoms. The van der Waals surface area contributed by atoms with E-state index in [1.807, 2.05) is 30.0 Å². The third-order valence-electron chi connectivity index (χ3n) is 4.15. The van der Waals surface area contributed by atoms with Gasteiger partial charge in [0.05, 0.1) is 0 Å². The fraction of sp³-hybridized carbons (Fsp3) is 0.444. The number of piperazine rings is 1. The van der Waals surface area contributed by atoms with Crippen LogP contribution in [-0.2, 0) is 0 Å². The lowest BCUT2D eigenvalue weighted by Gasteiger charge is -2.35. The minimum Gasteiger partial charge on any atom is -0.370 e. The molecule has 7 nitrogen and oxygen atoms in total. The number of hydrogen-bond donors (Lipinski definition) is 1. The summed E-state index contributed by atoms with van der Waals surface area (Å²) in [6, 6.07) is 7.63. The quantitative estimate of drug-likeness (QED) is 0.897. The fourth-order valence-corrected chi connectivity index (χ4v) is 2.86. The van der Waals surface area contributed by atoms with E-state index in [4.69, 9.17) is 0 Å². The zero-order valence-corrected chi connectivity index (χ0v) is 14.8. The Labute approximate surface area is 148 Å². The largest absolute Gasteiger partial charge is 0.370 e. The maximum atomic E-state index is 12.8. The van der Waals surface area contributed by atoms with Gasteiger partial charge in [-0.1, -0.05) is 13.0 Å². The number of rotatable bonds is 5. The van der Waals surface area contributed by atoms with E-state index in [1.165, 1.54) is 0 Å². The van der Waals surface area contributed by atoms with Crippen molar-refractivity contribution in [3.8, 4) is 0 Å². The smallest absolute Gasteiger partial charge is 0.272 e. The third-order valence-corrected chi connectivity index (χ3v) is 4.15. The summed E-state index contributed by atoms with van der Waals surface area (Å²) in [7, 11) is 0. The number of nitrogens with one attached hydrogen (secondary N) is 1. The van der Waals surface area contributed by atoms with E-state index in [1.54, 1.807) is 12.3 Å². The van der Waals surface area contributed by atoms with Gasteiger partial charge in [0.25, 0.3) is 5.91 Å². The Balaban J connectivity index is 1.65. The standard InChI is InChI=1S/C18H24N6O/c1-3-7-19-16-13-15(21-14(2)22-16)18(25)24-11-9-23(10-12-24)17-6-4-5-8-20-17/h4-6,8,13H,3,7,9-12H2,1-2H3,(H,19,21,22). The van der Waals surface area contributed by atoms with Crippen LogP contribution in [0.1, 0.15) is 29.7 Å².